The van der Waals surface area contributed by atoms with Crippen molar-refractivity contribution in [3.05, 3.63) is 366 Å². The van der Waals surface area contributed by atoms with Crippen LogP contribution in [0.25, 0.3) is 56.3 Å². The minimum Gasteiger partial charge on any atom is -0.497 e. The maximum atomic E-state index is 11.8. The van der Waals surface area contributed by atoms with Gasteiger partial charge in [-0.3, -0.25) is 9.78 Å². The number of fused-ring (bicyclic) bond motifs is 1. The Morgan fingerprint density at radius 1 is 0.388 bits per heavy atom. The number of nitrogens with one attached hydrogen (secondary N) is 1. The molecule has 0 spiro atoms. The largest absolute Gasteiger partial charge is 0.497 e. The Morgan fingerprint density at radius 3 is 1.21 bits per heavy atom. The third kappa shape index (κ3) is 22.7. The number of anilines is 1. The van der Waals surface area contributed by atoms with Crippen molar-refractivity contribution in [2.45, 2.75) is 13.8 Å². The number of hydrogen-bond donors (Lipinski definition) is 1. The molecule has 0 aliphatic carbocycles. The molecule has 0 fully saturated rings. The zero-order valence-corrected chi connectivity index (χ0v) is 55.5. The second-order valence-electron chi connectivity index (χ2n) is 21.7. The average Bonchev–Trinajstić information content (AvgIpc) is 0.970. The summed E-state index contributed by atoms with van der Waals surface area (Å²) in [6, 6.07) is 101. The summed E-state index contributed by atoms with van der Waals surface area (Å²) in [6.45, 7) is 4.23. The summed E-state index contributed by atoms with van der Waals surface area (Å²) >= 11 is 0. The molecule has 0 atom stereocenters. The first-order valence-electron chi connectivity index (χ1n) is 31.4. The number of ether oxygens (including phenoxy) is 5. The first-order valence-corrected chi connectivity index (χ1v) is 31.4. The normalized spacial score (nSPS) is 10.0. The van der Waals surface area contributed by atoms with Crippen LogP contribution in [0, 0.1) is 25.2 Å². The molecule has 11 heteroatoms. The number of rotatable bonds is 14. The Hall–Kier alpha value is -12.9. The number of hydrogen-bond acceptors (Lipinski definition) is 11. The number of nitrogens with zero attached hydrogens (tertiary/aromatic N) is 2. The van der Waals surface area contributed by atoms with Gasteiger partial charge in [0, 0.05) is 30.7 Å². The highest BCUT2D eigenvalue weighted by atomic mass is 16.5. The van der Waals surface area contributed by atoms with Gasteiger partial charge in [-0.05, 0) is 184 Å². The van der Waals surface area contributed by atoms with E-state index in [9.17, 15) is 14.4 Å². The molecule has 0 saturated heterocycles. The highest BCUT2D eigenvalue weighted by Gasteiger charge is 2.10. The number of carbonyl (C=O) groups is 3. The van der Waals surface area contributed by atoms with Crippen molar-refractivity contribution in [3.8, 4) is 68.2 Å². The van der Waals surface area contributed by atoms with Crippen molar-refractivity contribution >= 4 is 46.8 Å². The smallest absolute Gasteiger partial charge is 0.343 e. The third-order valence-corrected chi connectivity index (χ3v) is 15.0. The molecule has 0 radical (unpaired) electrons. The molecular weight excluding hydrogens is 1210 g/mol. The van der Waals surface area contributed by atoms with Crippen molar-refractivity contribution in [2.24, 2.45) is 0 Å². The molecule has 0 aliphatic rings. The number of carbonyl (C=O) groups excluding carboxylic acids is 3. The minimum atomic E-state index is -0.404. The first-order chi connectivity index (χ1) is 47.9. The quantitative estimate of drug-likeness (QED) is 0.0480. The highest BCUT2D eigenvalue weighted by Crippen LogP contribution is 2.27. The van der Waals surface area contributed by atoms with Crippen molar-refractivity contribution < 1.29 is 38.1 Å². The summed E-state index contributed by atoms with van der Waals surface area (Å²) in [4.78, 5) is 38.0. The van der Waals surface area contributed by atoms with E-state index in [-0.39, 0.29) is 5.97 Å². The zero-order valence-electron chi connectivity index (χ0n) is 55.5. The Labute approximate surface area is 574 Å². The summed E-state index contributed by atoms with van der Waals surface area (Å²) in [7, 11) is 6.73. The van der Waals surface area contributed by atoms with Gasteiger partial charge < -0.3 is 29.0 Å². The van der Waals surface area contributed by atoms with Crippen LogP contribution in [0.4, 0.5) is 5.69 Å². The molecule has 1 N–H and O–H groups in total. The molecule has 1 aromatic heterocycles. The fraction of sp³-hybridized carbons (Fsp3) is 0.0690. The lowest BCUT2D eigenvalue weighted by Crippen LogP contribution is -2.08. The van der Waals surface area contributed by atoms with Gasteiger partial charge in [0.1, 0.15) is 35.0 Å². The topological polar surface area (TPSA) is 146 Å². The van der Waals surface area contributed by atoms with Gasteiger partial charge in [0.15, 0.2) is 0 Å². The molecule has 13 aromatic rings. The predicted octanol–water partition coefficient (Wildman–Crippen LogP) is 20.6. The van der Waals surface area contributed by atoms with Crippen molar-refractivity contribution in [1.29, 1.82) is 5.26 Å². The van der Waals surface area contributed by atoms with Crippen molar-refractivity contribution in [3.63, 3.8) is 0 Å². The van der Waals surface area contributed by atoms with E-state index in [1.54, 1.807) is 107 Å². The summed E-state index contributed by atoms with van der Waals surface area (Å²) < 4.78 is 25.5. The molecule has 486 valence electrons. The maximum Gasteiger partial charge on any atom is 0.343 e. The van der Waals surface area contributed by atoms with Gasteiger partial charge in [-0.25, -0.2) is 9.59 Å². The van der Waals surface area contributed by atoms with Crippen LogP contribution in [0.2, 0.25) is 0 Å². The highest BCUT2D eigenvalue weighted by molar-refractivity contribution is 5.92. The van der Waals surface area contributed by atoms with Gasteiger partial charge in [0.25, 0.3) is 0 Å². The lowest BCUT2D eigenvalue weighted by molar-refractivity contribution is 0.0725. The number of esters is 2. The first kappa shape index (κ1) is 70.9. The second kappa shape index (κ2) is 38.3. The van der Waals surface area contributed by atoms with Gasteiger partial charge in [0.05, 0.1) is 44.1 Å². The molecule has 0 saturated carbocycles. The number of para-hydroxylation sites is 1. The fourth-order valence-corrected chi connectivity index (χ4v) is 9.46. The minimum absolute atomic E-state index is 0.376. The summed E-state index contributed by atoms with van der Waals surface area (Å²) in [6.07, 6.45) is 8.24. The van der Waals surface area contributed by atoms with E-state index in [1.165, 1.54) is 44.2 Å². The van der Waals surface area contributed by atoms with Crippen LogP contribution in [0.15, 0.2) is 322 Å². The standard InChI is InChI=1S/C20H16O.C15H15N.C14H11NO.C14H12O3.C13H11NO3.C11H10/c1-15-2-6-17(7-3-15)19-10-12-20(13-11-19)18-8-4-16(14-21)5-9-18;1-16-15-11-9-14(10-12-15)8-7-13-5-3-2-4-6-13;1-16-14-8-6-13(7-9-14)12-4-2-11(10-15)3-5-12;1-16-12-9-7-11(8-10-12)14(15)17-13-5-3-2-4-6-13;1-16-11-4-2-10(3-5-11)13(15)17-12-6-8-14-9-7-12;1-9-5-4-7-10-6-2-3-8-11(9)10/h2-14H,1H3;2-12,16H,1H3;2-9H,1H3;2-10H,1H3;2-9H,1H3;2-8H,1H3/b;8-7+;;;;. The van der Waals surface area contributed by atoms with E-state index in [2.05, 4.69) is 170 Å². The monoisotopic (exact) mass is 1290 g/mol. The van der Waals surface area contributed by atoms with Crippen LogP contribution < -0.4 is 29.0 Å². The number of nitriles is 1. The Bertz CT molecular complexity index is 4500. The zero-order chi connectivity index (χ0) is 69.1. The summed E-state index contributed by atoms with van der Waals surface area (Å²) in [5.74, 6) is 2.48. The van der Waals surface area contributed by atoms with Crippen LogP contribution in [-0.2, 0) is 0 Å². The molecule has 11 nitrogen and oxygen atoms in total. The average molecular weight is 1290 g/mol. The molecule has 13 rings (SSSR count). The SMILES string of the molecule is CNc1ccc(/C=C/c2ccccc2)cc1.COc1ccc(-c2ccc(C#N)cc2)cc1.COc1ccc(C(=O)Oc2ccccc2)cc1.COc1ccc(C(=O)Oc2ccncc2)cc1.Cc1ccc(-c2ccc(-c3ccc(C=O)cc3)cc2)cc1.Cc1cccc2ccccc12. The van der Waals surface area contributed by atoms with Crippen molar-refractivity contribution in [1.82, 2.24) is 4.98 Å². The maximum absolute atomic E-state index is 11.8. The van der Waals surface area contributed by atoms with E-state index >= 15 is 0 Å². The predicted molar refractivity (Wildman–Crippen MR) is 397 cm³/mol. The van der Waals surface area contributed by atoms with E-state index in [0.29, 0.717) is 45.3 Å². The Balaban J connectivity index is 0.000000151. The number of methoxy groups -OCH3 is 3. The molecule has 12 aromatic carbocycles. The lowest BCUT2D eigenvalue weighted by Gasteiger charge is -2.06. The van der Waals surface area contributed by atoms with Gasteiger partial charge in [0.2, 0.25) is 0 Å². The number of aldehydes is 1. The van der Waals surface area contributed by atoms with E-state index in [0.717, 1.165) is 40.0 Å². The number of aromatic nitrogens is 1. The van der Waals surface area contributed by atoms with Crippen LogP contribution in [0.1, 0.15) is 58.9 Å². The molecule has 0 amide bonds. The van der Waals surface area contributed by atoms with Gasteiger partial charge in [-0.2, -0.15) is 5.26 Å². The van der Waals surface area contributed by atoms with Crippen LogP contribution in [0.3, 0.4) is 0 Å². The molecule has 0 aliphatic heterocycles. The second-order valence-corrected chi connectivity index (χ2v) is 21.7. The number of pyridine rings is 1. The molecule has 1 heterocycles. The number of aryl methyl sites for hydroxylation is 2. The van der Waals surface area contributed by atoms with Gasteiger partial charge in [-0.15, -0.1) is 0 Å². The van der Waals surface area contributed by atoms with E-state index < -0.39 is 5.97 Å². The van der Waals surface area contributed by atoms with Crippen molar-refractivity contribution in [2.75, 3.05) is 33.7 Å². The van der Waals surface area contributed by atoms with Gasteiger partial charge >= 0.3 is 11.9 Å². The Kier molecular flexibility index (Phi) is 27.7. The summed E-state index contributed by atoms with van der Waals surface area (Å²) in [5, 5.41) is 14.5. The van der Waals surface area contributed by atoms with E-state index in [4.69, 9.17) is 28.9 Å². The van der Waals surface area contributed by atoms with Crippen LogP contribution >= 0.6 is 0 Å². The van der Waals surface area contributed by atoms with Gasteiger partial charge in [-0.1, -0.05) is 218 Å². The molecule has 0 unspecified atom stereocenters. The van der Waals surface area contributed by atoms with E-state index in [1.807, 2.05) is 116 Å². The summed E-state index contributed by atoms with van der Waals surface area (Å²) in [5.41, 5.74) is 15.5. The third-order valence-electron chi connectivity index (χ3n) is 15.0. The molecular formula is C87H75N3O8. The Morgan fingerprint density at radius 2 is 0.765 bits per heavy atom. The molecule has 98 heavy (non-hydrogen) atoms. The van der Waals surface area contributed by atoms with Crippen LogP contribution in [0.5, 0.6) is 28.7 Å². The van der Waals surface area contributed by atoms with Crippen LogP contribution in [-0.4, -0.2) is 51.6 Å². The lowest BCUT2D eigenvalue weighted by atomic mass is 9.99. The fourth-order valence-electron chi connectivity index (χ4n) is 9.46. The molecule has 0 bridgehead atoms. The number of benzene rings is 12.